The van der Waals surface area contributed by atoms with Gasteiger partial charge in [0.05, 0.1) is 12.6 Å². The molecule has 2 N–H and O–H groups in total. The lowest BCUT2D eigenvalue weighted by molar-refractivity contribution is -1.02. The minimum Gasteiger partial charge on any atom is -0.328 e. The summed E-state index contributed by atoms with van der Waals surface area (Å²) in [5, 5.41) is 12.7. The molecule has 0 radical (unpaired) electrons. The van der Waals surface area contributed by atoms with E-state index in [1.54, 1.807) is 9.80 Å². The lowest BCUT2D eigenvalue weighted by atomic mass is 10.0. The number of likely N-dealkylation sites (N-methyl/N-ethyl adjacent to an activating group) is 1. The van der Waals surface area contributed by atoms with Crippen LogP contribution < -0.4 is 9.80 Å². The lowest BCUT2D eigenvalue weighted by Gasteiger charge is -2.34. The number of tetrazole rings is 1. The van der Waals surface area contributed by atoms with E-state index in [2.05, 4.69) is 73.7 Å². The molecule has 0 saturated carbocycles. The molecular weight excluding hydrogens is 288 g/mol. The van der Waals surface area contributed by atoms with Gasteiger partial charge < -0.3 is 9.80 Å². The average molecular weight is 316 g/mol. The number of aromatic nitrogens is 4. The minimum absolute atomic E-state index is 0.122. The molecule has 2 aromatic rings. The van der Waals surface area contributed by atoms with Crippen molar-refractivity contribution in [2.24, 2.45) is 0 Å². The fraction of sp³-hybridized carbons (Fsp3) is 0.588. The highest BCUT2D eigenvalue weighted by Gasteiger charge is 2.36. The van der Waals surface area contributed by atoms with E-state index in [0.29, 0.717) is 0 Å². The fourth-order valence-electron chi connectivity index (χ4n) is 3.35. The molecule has 6 heteroatoms. The van der Waals surface area contributed by atoms with Crippen molar-refractivity contribution in [3.63, 3.8) is 0 Å². The summed E-state index contributed by atoms with van der Waals surface area (Å²) in [5.41, 5.74) is 1.17. The average Bonchev–Trinajstić information content (AvgIpc) is 3.00. The van der Waals surface area contributed by atoms with Crippen LogP contribution in [0.4, 0.5) is 0 Å². The first-order chi connectivity index (χ1) is 11.0. The van der Waals surface area contributed by atoms with Crippen LogP contribution in [0.5, 0.6) is 0 Å². The van der Waals surface area contributed by atoms with E-state index in [0.717, 1.165) is 18.9 Å². The molecule has 0 spiro atoms. The highest BCUT2D eigenvalue weighted by molar-refractivity contribution is 5.22. The summed E-state index contributed by atoms with van der Waals surface area (Å²) in [6.45, 7) is 11.1. The number of hydrogen-bond donors (Lipinski definition) is 2. The molecular formula is C17H28N6+2. The van der Waals surface area contributed by atoms with Crippen LogP contribution in [0.1, 0.15) is 38.2 Å². The van der Waals surface area contributed by atoms with Crippen molar-refractivity contribution in [1.29, 1.82) is 0 Å². The van der Waals surface area contributed by atoms with Crippen molar-refractivity contribution in [3.8, 4) is 0 Å². The Hall–Kier alpha value is -1.79. The predicted molar refractivity (Wildman–Crippen MR) is 88.4 cm³/mol. The van der Waals surface area contributed by atoms with Crippen LogP contribution in [0.15, 0.2) is 30.3 Å². The second-order valence-corrected chi connectivity index (χ2v) is 7.58. The molecule has 6 nitrogen and oxygen atoms in total. The van der Waals surface area contributed by atoms with E-state index >= 15 is 0 Å². The zero-order valence-electron chi connectivity index (χ0n) is 14.6. The standard InChI is InChI=1S/C17H26N6/c1-17(2,3)23-16(18-19-20-23)15(14-8-6-5-7-9-14)22-12-10-21(4)11-13-22/h5-9,15H,10-13H2,1-4H3/p+2/t15-/m1/s1. The van der Waals surface area contributed by atoms with Crippen LogP contribution in [0, 0.1) is 0 Å². The van der Waals surface area contributed by atoms with E-state index < -0.39 is 0 Å². The zero-order valence-corrected chi connectivity index (χ0v) is 14.6. The smallest absolute Gasteiger partial charge is 0.214 e. The molecule has 0 amide bonds. The summed E-state index contributed by atoms with van der Waals surface area (Å²) in [6.07, 6.45) is 0. The Morgan fingerprint density at radius 2 is 1.70 bits per heavy atom. The molecule has 1 aliphatic heterocycles. The van der Waals surface area contributed by atoms with Gasteiger partial charge in [-0.25, -0.2) is 4.68 Å². The van der Waals surface area contributed by atoms with Crippen LogP contribution in [0.25, 0.3) is 0 Å². The number of nitrogens with one attached hydrogen (secondary N) is 2. The first kappa shape index (κ1) is 16.1. The fourth-order valence-corrected chi connectivity index (χ4v) is 3.35. The molecule has 2 heterocycles. The molecule has 1 fully saturated rings. The van der Waals surface area contributed by atoms with Crippen molar-refractivity contribution < 1.29 is 9.80 Å². The molecule has 0 aliphatic carbocycles. The maximum atomic E-state index is 4.43. The van der Waals surface area contributed by atoms with Gasteiger partial charge in [-0.2, -0.15) is 0 Å². The summed E-state index contributed by atoms with van der Waals surface area (Å²) in [6, 6.07) is 10.9. The monoisotopic (exact) mass is 316 g/mol. The van der Waals surface area contributed by atoms with Gasteiger partial charge in [0.2, 0.25) is 5.82 Å². The van der Waals surface area contributed by atoms with Gasteiger partial charge in [0, 0.05) is 5.56 Å². The molecule has 1 atom stereocenters. The predicted octanol–water partition coefficient (Wildman–Crippen LogP) is -1.07. The molecule has 0 unspecified atom stereocenters. The second kappa shape index (κ2) is 6.37. The Balaban J connectivity index is 2.01. The zero-order chi connectivity index (χ0) is 16.4. The molecule has 1 aromatic heterocycles. The van der Waals surface area contributed by atoms with Gasteiger partial charge in [-0.15, -0.1) is 5.10 Å². The summed E-state index contributed by atoms with van der Waals surface area (Å²) in [5.74, 6) is 0.971. The molecule has 124 valence electrons. The van der Waals surface area contributed by atoms with Crippen molar-refractivity contribution >= 4 is 0 Å². The van der Waals surface area contributed by atoms with Crippen LogP contribution in [-0.2, 0) is 5.54 Å². The van der Waals surface area contributed by atoms with Crippen molar-refractivity contribution in [2.45, 2.75) is 32.4 Å². The first-order valence-electron chi connectivity index (χ1n) is 8.46. The molecule has 23 heavy (non-hydrogen) atoms. The Morgan fingerprint density at radius 3 is 2.30 bits per heavy atom. The summed E-state index contributed by atoms with van der Waals surface area (Å²) < 4.78 is 1.99. The molecule has 1 aliphatic rings. The third-order valence-corrected chi connectivity index (χ3v) is 4.67. The third-order valence-electron chi connectivity index (χ3n) is 4.67. The number of quaternary nitrogens is 2. The van der Waals surface area contributed by atoms with Crippen molar-refractivity contribution in [3.05, 3.63) is 41.7 Å². The Bertz CT molecular complexity index is 622. The van der Waals surface area contributed by atoms with E-state index in [1.165, 1.54) is 18.7 Å². The quantitative estimate of drug-likeness (QED) is 0.758. The maximum Gasteiger partial charge on any atom is 0.214 e. The Morgan fingerprint density at radius 1 is 1.04 bits per heavy atom. The Kier molecular flexibility index (Phi) is 4.46. The topological polar surface area (TPSA) is 52.5 Å². The van der Waals surface area contributed by atoms with Gasteiger partial charge in [-0.1, -0.05) is 30.3 Å². The van der Waals surface area contributed by atoms with E-state index in [1.807, 2.05) is 4.68 Å². The summed E-state index contributed by atoms with van der Waals surface area (Å²) in [4.78, 5) is 3.16. The Labute approximate surface area is 138 Å². The second-order valence-electron chi connectivity index (χ2n) is 7.58. The summed E-state index contributed by atoms with van der Waals surface area (Å²) >= 11 is 0. The van der Waals surface area contributed by atoms with E-state index in [4.69, 9.17) is 0 Å². The number of nitrogens with zero attached hydrogens (tertiary/aromatic N) is 4. The van der Waals surface area contributed by atoms with Crippen LogP contribution in [0.3, 0.4) is 0 Å². The largest absolute Gasteiger partial charge is 0.328 e. The van der Waals surface area contributed by atoms with Gasteiger partial charge in [0.15, 0.2) is 6.04 Å². The van der Waals surface area contributed by atoms with Crippen LogP contribution in [-0.4, -0.2) is 53.4 Å². The van der Waals surface area contributed by atoms with Gasteiger partial charge in [-0.3, -0.25) is 0 Å². The molecule has 1 saturated heterocycles. The number of piperazine rings is 1. The van der Waals surface area contributed by atoms with Crippen LogP contribution in [0.2, 0.25) is 0 Å². The number of benzene rings is 1. The van der Waals surface area contributed by atoms with E-state index in [9.17, 15) is 0 Å². The SMILES string of the molecule is C[NH+]1CC[NH+]([C@H](c2ccccc2)c2nnnn2C(C)(C)C)CC1. The lowest BCUT2D eigenvalue weighted by Crippen LogP contribution is -3.27. The van der Waals surface area contributed by atoms with Gasteiger partial charge >= 0.3 is 0 Å². The third kappa shape index (κ3) is 3.43. The van der Waals surface area contributed by atoms with Gasteiger partial charge in [0.25, 0.3) is 0 Å². The van der Waals surface area contributed by atoms with E-state index in [-0.39, 0.29) is 11.6 Å². The number of rotatable bonds is 3. The summed E-state index contributed by atoms with van der Waals surface area (Å²) in [7, 11) is 2.27. The highest BCUT2D eigenvalue weighted by Crippen LogP contribution is 2.21. The molecule has 0 bridgehead atoms. The molecule has 3 rings (SSSR count). The van der Waals surface area contributed by atoms with Gasteiger partial charge in [0.1, 0.15) is 26.2 Å². The van der Waals surface area contributed by atoms with Crippen molar-refractivity contribution in [1.82, 2.24) is 20.2 Å². The van der Waals surface area contributed by atoms with Crippen molar-refractivity contribution in [2.75, 3.05) is 33.2 Å². The highest BCUT2D eigenvalue weighted by atomic mass is 15.6. The minimum atomic E-state index is -0.122. The number of hydrogen-bond acceptors (Lipinski definition) is 3. The van der Waals surface area contributed by atoms with Crippen LogP contribution >= 0.6 is 0 Å². The normalized spacial score (nSPS) is 23.7. The maximum absolute atomic E-state index is 4.43. The first-order valence-corrected chi connectivity index (χ1v) is 8.46. The molecule has 1 aromatic carbocycles. The van der Waals surface area contributed by atoms with Gasteiger partial charge in [-0.05, 0) is 31.2 Å².